The van der Waals surface area contributed by atoms with Crippen LogP contribution in [0.25, 0.3) is 0 Å². The predicted molar refractivity (Wildman–Crippen MR) is 84.1 cm³/mol. The zero-order chi connectivity index (χ0) is 14.5. The molecule has 1 unspecified atom stereocenters. The Morgan fingerprint density at radius 2 is 1.85 bits per heavy atom. The minimum atomic E-state index is -0.330. The number of benzene rings is 2. The van der Waals surface area contributed by atoms with Crippen LogP contribution >= 0.6 is 27.5 Å². The summed E-state index contributed by atoms with van der Waals surface area (Å²) in [5.74, 6) is 5.27. The summed E-state index contributed by atoms with van der Waals surface area (Å²) in [6, 6.07) is 12.5. The van der Waals surface area contributed by atoms with Gasteiger partial charge in [-0.2, -0.15) is 0 Å². The quantitative estimate of drug-likeness (QED) is 0.630. The first kappa shape index (κ1) is 15.4. The Bertz CT molecular complexity index is 575. The van der Waals surface area contributed by atoms with Crippen LogP contribution in [0.15, 0.2) is 46.9 Å². The van der Waals surface area contributed by atoms with Crippen LogP contribution in [0.1, 0.15) is 11.1 Å². The molecule has 0 radical (unpaired) electrons. The molecular weight excluding hydrogens is 343 g/mol. The Labute approximate surface area is 131 Å². The van der Waals surface area contributed by atoms with Gasteiger partial charge < -0.3 is 0 Å². The van der Waals surface area contributed by atoms with Gasteiger partial charge in [-0.05, 0) is 48.2 Å². The van der Waals surface area contributed by atoms with Crippen molar-refractivity contribution in [2.45, 2.75) is 18.9 Å². The molecule has 106 valence electrons. The van der Waals surface area contributed by atoms with Crippen molar-refractivity contribution >= 4 is 27.5 Å². The molecular formula is C15H15BrClFN2. The maximum absolute atomic E-state index is 13.0. The molecule has 2 aromatic rings. The number of nitrogens with two attached hydrogens (primary N) is 1. The maximum Gasteiger partial charge on any atom is 0.124 e. The van der Waals surface area contributed by atoms with Crippen LogP contribution in [-0.4, -0.2) is 6.04 Å². The summed E-state index contributed by atoms with van der Waals surface area (Å²) in [6.45, 7) is 0. The standard InChI is InChI=1S/C15H15BrClFN2/c16-12-4-1-10(2-5-12)7-14(20-19)8-11-3-6-13(18)9-15(11)17/h1-6,9,14,20H,7-8,19H2. The Kier molecular flexibility index (Phi) is 5.54. The van der Waals surface area contributed by atoms with Gasteiger partial charge in [-0.25, -0.2) is 4.39 Å². The van der Waals surface area contributed by atoms with E-state index in [0.717, 1.165) is 16.5 Å². The highest BCUT2D eigenvalue weighted by atomic mass is 79.9. The van der Waals surface area contributed by atoms with Crippen LogP contribution in [0.5, 0.6) is 0 Å². The number of nitrogens with one attached hydrogen (secondary N) is 1. The first-order chi connectivity index (χ1) is 9.58. The molecule has 0 aliphatic carbocycles. The van der Waals surface area contributed by atoms with Gasteiger partial charge >= 0.3 is 0 Å². The second-order valence-electron chi connectivity index (χ2n) is 4.63. The molecule has 0 aliphatic rings. The van der Waals surface area contributed by atoms with E-state index in [-0.39, 0.29) is 11.9 Å². The average Bonchev–Trinajstić information content (AvgIpc) is 2.43. The van der Waals surface area contributed by atoms with Crippen molar-refractivity contribution in [1.29, 1.82) is 0 Å². The molecule has 5 heteroatoms. The molecule has 1 atom stereocenters. The van der Waals surface area contributed by atoms with Crippen LogP contribution in [-0.2, 0) is 12.8 Å². The van der Waals surface area contributed by atoms with E-state index in [9.17, 15) is 4.39 Å². The van der Waals surface area contributed by atoms with Crippen molar-refractivity contribution in [2.75, 3.05) is 0 Å². The monoisotopic (exact) mass is 356 g/mol. The third-order valence-corrected chi connectivity index (χ3v) is 3.99. The van der Waals surface area contributed by atoms with Crippen LogP contribution < -0.4 is 11.3 Å². The van der Waals surface area contributed by atoms with Crippen LogP contribution in [0.4, 0.5) is 4.39 Å². The summed E-state index contributed by atoms with van der Waals surface area (Å²) in [4.78, 5) is 0. The van der Waals surface area contributed by atoms with E-state index in [4.69, 9.17) is 17.4 Å². The first-order valence-corrected chi connectivity index (χ1v) is 7.40. The molecule has 2 nitrogen and oxygen atoms in total. The summed E-state index contributed by atoms with van der Waals surface area (Å²) in [7, 11) is 0. The molecule has 0 spiro atoms. The van der Waals surface area contributed by atoms with E-state index in [1.165, 1.54) is 17.7 Å². The van der Waals surface area contributed by atoms with E-state index in [0.29, 0.717) is 11.4 Å². The minimum absolute atomic E-state index is 0.0409. The lowest BCUT2D eigenvalue weighted by molar-refractivity contribution is 0.522. The van der Waals surface area contributed by atoms with Gasteiger partial charge in [0.15, 0.2) is 0 Å². The summed E-state index contributed by atoms with van der Waals surface area (Å²) in [5, 5.41) is 0.432. The fourth-order valence-electron chi connectivity index (χ4n) is 2.05. The molecule has 0 heterocycles. The lowest BCUT2D eigenvalue weighted by atomic mass is 9.99. The van der Waals surface area contributed by atoms with Crippen molar-refractivity contribution in [3.8, 4) is 0 Å². The lowest BCUT2D eigenvalue weighted by Gasteiger charge is -2.17. The van der Waals surface area contributed by atoms with Crippen molar-refractivity contribution < 1.29 is 4.39 Å². The van der Waals surface area contributed by atoms with Crippen molar-refractivity contribution in [2.24, 2.45) is 5.84 Å². The second kappa shape index (κ2) is 7.18. The van der Waals surface area contributed by atoms with Crippen LogP contribution in [0, 0.1) is 5.82 Å². The Morgan fingerprint density at radius 3 is 2.45 bits per heavy atom. The summed E-state index contributed by atoms with van der Waals surface area (Å²) in [6.07, 6.45) is 1.42. The fourth-order valence-corrected chi connectivity index (χ4v) is 2.56. The topological polar surface area (TPSA) is 38.0 Å². The predicted octanol–water partition coefficient (Wildman–Crippen LogP) is 3.86. The molecule has 0 aromatic heterocycles. The van der Waals surface area contributed by atoms with Crippen molar-refractivity contribution in [3.63, 3.8) is 0 Å². The first-order valence-electron chi connectivity index (χ1n) is 6.23. The van der Waals surface area contributed by atoms with Gasteiger partial charge in [-0.1, -0.05) is 45.7 Å². The molecule has 3 N–H and O–H groups in total. The molecule has 2 rings (SSSR count). The lowest BCUT2D eigenvalue weighted by Crippen LogP contribution is -2.38. The van der Waals surface area contributed by atoms with E-state index in [1.54, 1.807) is 6.07 Å². The van der Waals surface area contributed by atoms with Gasteiger partial charge in [-0.3, -0.25) is 11.3 Å². The number of hydrogen-bond donors (Lipinski definition) is 2. The number of halogens is 3. The molecule has 0 saturated carbocycles. The van der Waals surface area contributed by atoms with E-state index in [1.807, 2.05) is 24.3 Å². The highest BCUT2D eigenvalue weighted by molar-refractivity contribution is 9.10. The van der Waals surface area contributed by atoms with Crippen molar-refractivity contribution in [3.05, 3.63) is 68.9 Å². The Morgan fingerprint density at radius 1 is 1.15 bits per heavy atom. The number of hydrogen-bond acceptors (Lipinski definition) is 2. The minimum Gasteiger partial charge on any atom is -0.271 e. The molecule has 0 aliphatic heterocycles. The molecule has 0 amide bonds. The third-order valence-electron chi connectivity index (χ3n) is 3.11. The fraction of sp³-hybridized carbons (Fsp3) is 0.200. The van der Waals surface area contributed by atoms with Crippen molar-refractivity contribution in [1.82, 2.24) is 5.43 Å². The summed E-state index contributed by atoms with van der Waals surface area (Å²) < 4.78 is 14.1. The summed E-state index contributed by atoms with van der Waals surface area (Å²) >= 11 is 9.45. The zero-order valence-corrected chi connectivity index (χ0v) is 13.1. The normalized spacial score (nSPS) is 12.4. The Balaban J connectivity index is 2.07. The van der Waals surface area contributed by atoms with Gasteiger partial charge in [0.1, 0.15) is 5.82 Å². The highest BCUT2D eigenvalue weighted by Gasteiger charge is 2.11. The van der Waals surface area contributed by atoms with E-state index in [2.05, 4.69) is 21.4 Å². The molecule has 0 fully saturated rings. The molecule has 0 bridgehead atoms. The Hall–Kier alpha value is -0.940. The summed E-state index contributed by atoms with van der Waals surface area (Å²) in [5.41, 5.74) is 4.85. The van der Waals surface area contributed by atoms with Crippen LogP contribution in [0.3, 0.4) is 0 Å². The zero-order valence-electron chi connectivity index (χ0n) is 10.7. The maximum atomic E-state index is 13.0. The molecule has 2 aromatic carbocycles. The van der Waals surface area contributed by atoms with Gasteiger partial charge in [0.05, 0.1) is 0 Å². The van der Waals surface area contributed by atoms with Gasteiger partial charge in [-0.15, -0.1) is 0 Å². The third kappa shape index (κ3) is 4.28. The molecule has 0 saturated heterocycles. The molecule has 20 heavy (non-hydrogen) atoms. The number of rotatable bonds is 5. The van der Waals surface area contributed by atoms with E-state index < -0.39 is 0 Å². The van der Waals surface area contributed by atoms with Gasteiger partial charge in [0, 0.05) is 15.5 Å². The average molecular weight is 358 g/mol. The largest absolute Gasteiger partial charge is 0.271 e. The van der Waals surface area contributed by atoms with Crippen LogP contribution in [0.2, 0.25) is 5.02 Å². The second-order valence-corrected chi connectivity index (χ2v) is 5.96. The SMILES string of the molecule is NNC(Cc1ccc(Br)cc1)Cc1ccc(F)cc1Cl. The smallest absolute Gasteiger partial charge is 0.124 e. The van der Waals surface area contributed by atoms with Gasteiger partial charge in [0.25, 0.3) is 0 Å². The van der Waals surface area contributed by atoms with Gasteiger partial charge in [0.2, 0.25) is 0 Å². The van der Waals surface area contributed by atoms with E-state index >= 15 is 0 Å². The number of hydrazine groups is 1. The highest BCUT2D eigenvalue weighted by Crippen LogP contribution is 2.20.